The second-order valence-electron chi connectivity index (χ2n) is 14.1. The summed E-state index contributed by atoms with van der Waals surface area (Å²) in [5, 5.41) is 5.05. The minimum Gasteiger partial charge on any atom is -0.228 e. The molecule has 0 atom stereocenters. The van der Waals surface area contributed by atoms with Crippen LogP contribution in [-0.2, 0) is 0 Å². The lowest BCUT2D eigenvalue weighted by atomic mass is 9.92. The van der Waals surface area contributed by atoms with Gasteiger partial charge in [-0.2, -0.15) is 0 Å². The summed E-state index contributed by atoms with van der Waals surface area (Å²) >= 11 is 3.67. The van der Waals surface area contributed by atoms with Crippen LogP contribution in [0.5, 0.6) is 0 Å². The smallest absolute Gasteiger partial charge is 0.161 e. The van der Waals surface area contributed by atoms with Crippen LogP contribution in [-0.4, -0.2) is 9.97 Å². The van der Waals surface area contributed by atoms with Crippen LogP contribution in [0.1, 0.15) is 0 Å². The third kappa shape index (κ3) is 5.62. The second kappa shape index (κ2) is 13.5. The molecule has 0 aliphatic carbocycles. The molecular weight excluding hydrogens is 717 g/mol. The Morgan fingerprint density at radius 1 is 0.286 bits per heavy atom. The number of nitrogens with zero attached hydrogens (tertiary/aromatic N) is 2. The number of fused-ring (bicyclic) bond motifs is 6. The van der Waals surface area contributed by atoms with Crippen LogP contribution in [0.15, 0.2) is 194 Å². The summed E-state index contributed by atoms with van der Waals surface area (Å²) in [6, 6.07) is 69.6. The Hall–Kier alpha value is -6.72. The first-order valence-corrected chi connectivity index (χ1v) is 20.4. The van der Waals surface area contributed by atoms with Gasteiger partial charge in [-0.05, 0) is 63.7 Å². The van der Waals surface area contributed by atoms with Crippen LogP contribution in [0.25, 0.3) is 108 Å². The zero-order valence-electron chi connectivity index (χ0n) is 30.2. The summed E-state index contributed by atoms with van der Waals surface area (Å²) in [6.45, 7) is 0. The van der Waals surface area contributed by atoms with Crippen LogP contribution in [0.2, 0.25) is 0 Å². The fourth-order valence-electron chi connectivity index (χ4n) is 8.00. The standard InChI is InChI=1S/C52H32N2S2/c1-3-13-33(14-4-1)35-25-27-36(28-26-35)45-31-37(34-15-5-2-6-16-34)29-30-42(45)52-53-46(43-21-11-19-40-38-17-7-9-23-48(38)55-50(40)43)32-47(54-52)44-22-12-20-41-39-18-8-10-24-49(39)56-51(41)44/h1-32H. The van der Waals surface area contributed by atoms with Gasteiger partial charge in [-0.25, -0.2) is 9.97 Å². The number of thiophene rings is 2. The van der Waals surface area contributed by atoms with E-state index < -0.39 is 0 Å². The Labute approximate surface area is 332 Å². The summed E-state index contributed by atoms with van der Waals surface area (Å²) in [5.74, 6) is 0.704. The molecule has 0 spiro atoms. The van der Waals surface area contributed by atoms with Gasteiger partial charge >= 0.3 is 0 Å². The van der Waals surface area contributed by atoms with E-state index in [4.69, 9.17) is 9.97 Å². The molecule has 11 rings (SSSR count). The zero-order chi connectivity index (χ0) is 37.0. The Morgan fingerprint density at radius 3 is 1.30 bits per heavy atom. The molecule has 4 heteroatoms. The van der Waals surface area contributed by atoms with E-state index in [-0.39, 0.29) is 0 Å². The van der Waals surface area contributed by atoms with Gasteiger partial charge in [0.15, 0.2) is 5.82 Å². The minimum atomic E-state index is 0.704. The first-order valence-electron chi connectivity index (χ1n) is 18.8. The van der Waals surface area contributed by atoms with Crippen LogP contribution >= 0.6 is 22.7 Å². The van der Waals surface area contributed by atoms with E-state index in [0.717, 1.165) is 44.8 Å². The van der Waals surface area contributed by atoms with Crippen molar-refractivity contribution in [3.8, 4) is 67.3 Å². The van der Waals surface area contributed by atoms with E-state index in [9.17, 15) is 0 Å². The lowest BCUT2D eigenvalue weighted by molar-refractivity contribution is 1.19. The molecule has 0 saturated heterocycles. The molecule has 2 nitrogen and oxygen atoms in total. The maximum Gasteiger partial charge on any atom is 0.161 e. The van der Waals surface area contributed by atoms with Crippen molar-refractivity contribution >= 4 is 63.0 Å². The van der Waals surface area contributed by atoms with E-state index >= 15 is 0 Å². The predicted octanol–water partition coefficient (Wildman–Crippen LogP) is 15.2. The number of aromatic nitrogens is 2. The van der Waals surface area contributed by atoms with Gasteiger partial charge < -0.3 is 0 Å². The summed E-state index contributed by atoms with van der Waals surface area (Å²) in [6.07, 6.45) is 0. The summed E-state index contributed by atoms with van der Waals surface area (Å²) in [5.41, 5.74) is 12.0. The molecule has 0 aliphatic heterocycles. The van der Waals surface area contributed by atoms with Crippen LogP contribution in [0.3, 0.4) is 0 Å². The van der Waals surface area contributed by atoms with Crippen molar-refractivity contribution in [2.75, 3.05) is 0 Å². The fourth-order valence-corrected chi connectivity index (χ4v) is 10.5. The third-order valence-electron chi connectivity index (χ3n) is 10.8. The molecule has 0 unspecified atom stereocenters. The SMILES string of the molecule is c1ccc(-c2ccc(-c3cc(-c4ccccc4)ccc3-c3nc(-c4cccc5c4sc4ccccc45)cc(-c4cccc5c4sc4ccccc45)n3)cc2)cc1. The van der Waals surface area contributed by atoms with Crippen molar-refractivity contribution in [3.63, 3.8) is 0 Å². The lowest BCUT2D eigenvalue weighted by Crippen LogP contribution is -1.98. The number of benzene rings is 8. The highest BCUT2D eigenvalue weighted by molar-refractivity contribution is 7.26. The third-order valence-corrected chi connectivity index (χ3v) is 13.2. The Kier molecular flexibility index (Phi) is 7.90. The van der Waals surface area contributed by atoms with Gasteiger partial charge in [-0.3, -0.25) is 0 Å². The van der Waals surface area contributed by atoms with Crippen molar-refractivity contribution < 1.29 is 0 Å². The van der Waals surface area contributed by atoms with E-state index in [1.165, 1.54) is 57.0 Å². The van der Waals surface area contributed by atoms with E-state index in [1.54, 1.807) is 0 Å². The highest BCUT2D eigenvalue weighted by atomic mass is 32.1. The minimum absolute atomic E-state index is 0.704. The van der Waals surface area contributed by atoms with E-state index in [2.05, 4.69) is 194 Å². The molecule has 0 fully saturated rings. The highest BCUT2D eigenvalue weighted by Gasteiger charge is 2.20. The summed E-state index contributed by atoms with van der Waals surface area (Å²) in [4.78, 5) is 11.0. The van der Waals surface area contributed by atoms with Gasteiger partial charge in [-0.1, -0.05) is 164 Å². The molecule has 0 radical (unpaired) electrons. The molecule has 0 amide bonds. The molecule has 3 heterocycles. The van der Waals surface area contributed by atoms with Gasteiger partial charge in [0, 0.05) is 57.0 Å². The van der Waals surface area contributed by atoms with Crippen LogP contribution in [0, 0.1) is 0 Å². The quantitative estimate of drug-likeness (QED) is 0.169. The molecule has 56 heavy (non-hydrogen) atoms. The average molecular weight is 749 g/mol. The summed E-state index contributed by atoms with van der Waals surface area (Å²) < 4.78 is 5.02. The molecule has 8 aromatic carbocycles. The normalized spacial score (nSPS) is 11.6. The number of rotatable bonds is 6. The number of hydrogen-bond donors (Lipinski definition) is 0. The van der Waals surface area contributed by atoms with Gasteiger partial charge in [0.25, 0.3) is 0 Å². The first kappa shape index (κ1) is 32.7. The van der Waals surface area contributed by atoms with Gasteiger partial charge in [0.05, 0.1) is 11.4 Å². The topological polar surface area (TPSA) is 25.8 Å². The average Bonchev–Trinajstić information content (AvgIpc) is 3.86. The predicted molar refractivity (Wildman–Crippen MR) is 240 cm³/mol. The van der Waals surface area contributed by atoms with Crippen molar-refractivity contribution in [1.82, 2.24) is 9.97 Å². The Bertz CT molecular complexity index is 3100. The lowest BCUT2D eigenvalue weighted by Gasteiger charge is -2.15. The second-order valence-corrected chi connectivity index (χ2v) is 16.2. The van der Waals surface area contributed by atoms with Crippen LogP contribution < -0.4 is 0 Å². The molecule has 0 N–H and O–H groups in total. The zero-order valence-corrected chi connectivity index (χ0v) is 31.8. The van der Waals surface area contributed by atoms with Crippen LogP contribution in [0.4, 0.5) is 0 Å². The van der Waals surface area contributed by atoms with Gasteiger partial charge in [0.1, 0.15) is 0 Å². The largest absolute Gasteiger partial charge is 0.228 e. The fraction of sp³-hybridized carbons (Fsp3) is 0. The Balaban J connectivity index is 1.17. The maximum absolute atomic E-state index is 5.50. The van der Waals surface area contributed by atoms with Crippen molar-refractivity contribution in [1.29, 1.82) is 0 Å². The van der Waals surface area contributed by atoms with Crippen molar-refractivity contribution in [2.24, 2.45) is 0 Å². The van der Waals surface area contributed by atoms with Gasteiger partial charge in [0.2, 0.25) is 0 Å². The monoisotopic (exact) mass is 748 g/mol. The van der Waals surface area contributed by atoms with E-state index in [0.29, 0.717) is 5.82 Å². The first-order chi connectivity index (χ1) is 27.7. The highest BCUT2D eigenvalue weighted by Crippen LogP contribution is 2.44. The van der Waals surface area contributed by atoms with E-state index in [1.807, 2.05) is 22.7 Å². The Morgan fingerprint density at radius 2 is 0.732 bits per heavy atom. The molecule has 3 aromatic heterocycles. The molecule has 11 aromatic rings. The maximum atomic E-state index is 5.50. The molecule has 262 valence electrons. The van der Waals surface area contributed by atoms with Crippen molar-refractivity contribution in [2.45, 2.75) is 0 Å². The molecule has 0 bridgehead atoms. The molecule has 0 saturated carbocycles. The summed E-state index contributed by atoms with van der Waals surface area (Å²) in [7, 11) is 0. The van der Waals surface area contributed by atoms with Crippen molar-refractivity contribution in [3.05, 3.63) is 194 Å². The molecular formula is C52H32N2S2. The van der Waals surface area contributed by atoms with Gasteiger partial charge in [-0.15, -0.1) is 22.7 Å². The number of hydrogen-bond acceptors (Lipinski definition) is 4. The molecule has 0 aliphatic rings.